The van der Waals surface area contributed by atoms with Gasteiger partial charge in [0.25, 0.3) is 0 Å². The summed E-state index contributed by atoms with van der Waals surface area (Å²) in [6.07, 6.45) is 0. The Morgan fingerprint density at radius 3 is 1.40 bits per heavy atom. The molecule has 1 aromatic rings. The van der Waals surface area contributed by atoms with Crippen LogP contribution in [0.5, 0.6) is 0 Å². The Balaban J connectivity index is -0.000000223. The van der Waals surface area contributed by atoms with Gasteiger partial charge in [0.2, 0.25) is 0 Å². The minimum absolute atomic E-state index is 0. The van der Waals surface area contributed by atoms with E-state index in [1.807, 2.05) is 0 Å². The van der Waals surface area contributed by atoms with Gasteiger partial charge in [0.1, 0.15) is 0 Å². The number of nitrogens with zero attached hydrogens (tertiary/aromatic N) is 2. The number of hydrogen-bond donors (Lipinski definition) is 0. The van der Waals surface area contributed by atoms with Gasteiger partial charge in [-0.05, 0) is 28.2 Å². The van der Waals surface area contributed by atoms with Crippen molar-refractivity contribution in [3.05, 3.63) is 42.8 Å². The summed E-state index contributed by atoms with van der Waals surface area (Å²) in [6, 6.07) is 8.49. The average Bonchev–Trinajstić information content (AvgIpc) is 2.27. The first-order valence-electron chi connectivity index (χ1n) is 5.50. The Morgan fingerprint density at radius 1 is 0.950 bits per heavy atom. The third-order valence-corrected chi connectivity index (χ3v) is 1.67. The first-order valence-corrected chi connectivity index (χ1v) is 5.50. The van der Waals surface area contributed by atoms with Crippen LogP contribution < -0.4 is 0 Å². The fourth-order valence-corrected chi connectivity index (χ4v) is 0.767. The Labute approximate surface area is 132 Å². The third kappa shape index (κ3) is 30.5. The van der Waals surface area contributed by atoms with Crippen molar-refractivity contribution in [2.75, 3.05) is 41.3 Å². The van der Waals surface area contributed by atoms with Crippen molar-refractivity contribution in [2.45, 2.75) is 0 Å². The minimum Gasteiger partial charge on any atom is -0.385 e. The van der Waals surface area contributed by atoms with Crippen LogP contribution in [0.4, 0.5) is 17.6 Å². The van der Waals surface area contributed by atoms with Crippen LogP contribution in [0, 0.1) is 18.6 Å². The molecule has 0 unspecified atom stereocenters. The molecule has 0 aromatic heterocycles. The molecular weight excluding hydrogens is 367 g/mol. The molecule has 0 atom stereocenters. The van der Waals surface area contributed by atoms with Crippen molar-refractivity contribution in [2.24, 2.45) is 0 Å². The second-order valence-corrected chi connectivity index (χ2v) is 4.04. The van der Waals surface area contributed by atoms with Crippen LogP contribution in [-0.4, -0.2) is 51.1 Å². The van der Waals surface area contributed by atoms with E-state index >= 15 is 0 Å². The van der Waals surface area contributed by atoms with Gasteiger partial charge in [0.15, 0.2) is 6.68 Å². The molecule has 0 aliphatic heterocycles. The molecule has 0 amide bonds. The fourth-order valence-electron chi connectivity index (χ4n) is 0.767. The number of likely N-dealkylation sites (N-methyl/N-ethyl adjacent to an activating group) is 2. The van der Waals surface area contributed by atoms with E-state index in [1.54, 1.807) is 0 Å². The van der Waals surface area contributed by atoms with Crippen LogP contribution in [0.1, 0.15) is 0 Å². The normalized spacial score (nSPS) is 9.35. The molecule has 1 aromatic carbocycles. The fraction of sp³-hybridized carbons (Fsp3) is 0.462. The largest absolute Gasteiger partial charge is 2.00 e. The van der Waals surface area contributed by atoms with Crippen LogP contribution in [0.15, 0.2) is 24.3 Å². The molecule has 0 saturated carbocycles. The minimum atomic E-state index is -3.08. The molecule has 0 radical (unpaired) electrons. The monoisotopic (exact) mass is 386 g/mol. The number of rotatable bonds is 3. The summed E-state index contributed by atoms with van der Waals surface area (Å²) in [6.45, 7) is -0.792. The zero-order valence-corrected chi connectivity index (χ0v) is 13.5. The molecule has 0 heterocycles. The molecule has 0 aliphatic rings. The van der Waals surface area contributed by atoms with E-state index < -0.39 is 6.68 Å². The molecular formula is C13H20F4N2Pd. The van der Waals surface area contributed by atoms with Crippen molar-refractivity contribution in [1.29, 1.82) is 0 Å². The van der Waals surface area contributed by atoms with Crippen molar-refractivity contribution < 1.29 is 38.0 Å². The van der Waals surface area contributed by atoms with E-state index in [-0.39, 0.29) is 26.2 Å². The molecule has 20 heavy (non-hydrogen) atoms. The van der Waals surface area contributed by atoms with E-state index in [4.69, 9.17) is 0 Å². The predicted octanol–water partition coefficient (Wildman–Crippen LogP) is 3.07. The maximum absolute atomic E-state index is 11.9. The average molecular weight is 387 g/mol. The second-order valence-electron chi connectivity index (χ2n) is 4.04. The van der Waals surface area contributed by atoms with Gasteiger partial charge in [0, 0.05) is 18.9 Å². The Bertz CT molecular complexity index is 274. The third-order valence-electron chi connectivity index (χ3n) is 1.67. The summed E-state index contributed by atoms with van der Waals surface area (Å²) < 4.78 is 40.6. The summed E-state index contributed by atoms with van der Waals surface area (Å²) in [5, 5.41) is 0. The summed E-state index contributed by atoms with van der Waals surface area (Å²) in [4.78, 5) is 4.36. The zero-order chi connectivity index (χ0) is 15.3. The first-order chi connectivity index (χ1) is 8.75. The molecule has 120 valence electrons. The van der Waals surface area contributed by atoms with Crippen LogP contribution in [0.25, 0.3) is 0 Å². The summed E-state index contributed by atoms with van der Waals surface area (Å²) in [5.41, 5.74) is 0. The molecule has 0 aliphatic carbocycles. The van der Waals surface area contributed by atoms with Crippen LogP contribution >= 0.6 is 0 Å². The number of hydrogen-bond acceptors (Lipinski definition) is 2. The van der Waals surface area contributed by atoms with E-state index in [1.165, 1.54) is 24.3 Å². The predicted molar refractivity (Wildman–Crippen MR) is 68.9 cm³/mol. The summed E-state index contributed by atoms with van der Waals surface area (Å²) in [5.74, 6) is -0.209. The van der Waals surface area contributed by atoms with Crippen LogP contribution in [0.2, 0.25) is 0 Å². The van der Waals surface area contributed by atoms with Crippen molar-refractivity contribution in [1.82, 2.24) is 9.80 Å². The van der Waals surface area contributed by atoms with E-state index in [0.717, 1.165) is 13.1 Å². The van der Waals surface area contributed by atoms with Crippen LogP contribution in [-0.2, 0) is 20.4 Å². The van der Waals surface area contributed by atoms with Gasteiger partial charge in [-0.25, -0.2) is 4.39 Å². The van der Waals surface area contributed by atoms with Gasteiger partial charge < -0.3 is 23.0 Å². The van der Waals surface area contributed by atoms with Crippen LogP contribution in [0.3, 0.4) is 0 Å². The van der Waals surface area contributed by atoms with E-state index in [0.29, 0.717) is 0 Å². The maximum Gasteiger partial charge on any atom is 2.00 e. The molecule has 0 bridgehead atoms. The van der Waals surface area contributed by atoms with E-state index in [2.05, 4.69) is 44.1 Å². The molecule has 0 N–H and O–H groups in total. The Kier molecular flexibility index (Phi) is 20.3. The Morgan fingerprint density at radius 2 is 1.25 bits per heavy atom. The number of halogens is 4. The van der Waals surface area contributed by atoms with Gasteiger partial charge in [-0.3, -0.25) is 0 Å². The second kappa shape index (κ2) is 16.6. The smallest absolute Gasteiger partial charge is 0.385 e. The van der Waals surface area contributed by atoms with Crippen molar-refractivity contribution in [3.8, 4) is 0 Å². The number of benzene rings is 1. The molecule has 2 nitrogen and oxygen atoms in total. The zero-order valence-electron chi connectivity index (χ0n) is 11.9. The first kappa shape index (κ1) is 24.5. The summed E-state index contributed by atoms with van der Waals surface area (Å²) >= 11 is 0. The molecule has 7 heteroatoms. The summed E-state index contributed by atoms with van der Waals surface area (Å²) in [7, 11) is 8.35. The standard InChI is InChI=1S/C6H4F.C6H16N2.CF3.Pd/c7-6-4-2-1-3-5-6;1-7(2)5-6-8(3)4;2-1(3)4;/h2-5H;5-6H2,1-4H3;;/q-1;;-1;+2. The van der Waals surface area contributed by atoms with Crippen molar-refractivity contribution in [3.63, 3.8) is 0 Å². The molecule has 0 fully saturated rings. The van der Waals surface area contributed by atoms with Crippen molar-refractivity contribution >= 4 is 0 Å². The van der Waals surface area contributed by atoms with E-state index in [9.17, 15) is 17.6 Å². The van der Waals surface area contributed by atoms with Gasteiger partial charge >= 0.3 is 20.4 Å². The maximum atomic E-state index is 11.9. The topological polar surface area (TPSA) is 6.48 Å². The van der Waals surface area contributed by atoms with Gasteiger partial charge in [-0.15, -0.1) is 12.1 Å². The molecule has 0 spiro atoms. The van der Waals surface area contributed by atoms with Gasteiger partial charge in [0.05, 0.1) is 0 Å². The quantitative estimate of drug-likeness (QED) is 0.447. The Hall–Kier alpha value is -0.478. The molecule has 0 saturated heterocycles. The SMILES string of the molecule is CN(C)CCN(C)C.F[C-](F)F.Fc1cc[c-]cc1.[Pd+2]. The van der Waals surface area contributed by atoms with Gasteiger partial charge in [-0.2, -0.15) is 18.2 Å². The van der Waals surface area contributed by atoms with Gasteiger partial charge in [-0.1, -0.05) is 0 Å². The molecule has 1 rings (SSSR count).